The molecule has 1 unspecified atom stereocenters. The highest BCUT2D eigenvalue weighted by molar-refractivity contribution is 5.74. The van der Waals surface area contributed by atoms with Gasteiger partial charge in [-0.3, -0.25) is 0 Å². The molecular weight excluding hydrogens is 318 g/mol. The molecule has 0 aliphatic heterocycles. The van der Waals surface area contributed by atoms with E-state index in [9.17, 15) is 13.6 Å². The molecule has 134 valence electrons. The standard InChI is InChI=1S/C17H24F2N2O3/c1-11(12-4-5-14(23-2)15(10-12)24-3)20-16(22)21-13-6-8-17(18,19)9-7-13/h4-5,10-11,13H,6-9H2,1-3H3,(H2,20,21,22). The fourth-order valence-electron chi connectivity index (χ4n) is 2.81. The summed E-state index contributed by atoms with van der Waals surface area (Å²) in [6.45, 7) is 1.84. The molecule has 0 radical (unpaired) electrons. The quantitative estimate of drug-likeness (QED) is 0.859. The molecule has 0 aromatic heterocycles. The molecule has 0 bridgehead atoms. The molecule has 1 saturated carbocycles. The molecule has 1 aliphatic rings. The van der Waals surface area contributed by atoms with Gasteiger partial charge >= 0.3 is 6.03 Å². The molecule has 2 N–H and O–H groups in total. The van der Waals surface area contributed by atoms with Crippen molar-refractivity contribution in [3.8, 4) is 11.5 Å². The number of carbonyl (C=O) groups excluding carboxylic acids is 1. The van der Waals surface area contributed by atoms with E-state index in [-0.39, 0.29) is 31.0 Å². The average Bonchev–Trinajstić information content (AvgIpc) is 2.56. The van der Waals surface area contributed by atoms with E-state index in [1.807, 2.05) is 13.0 Å². The molecule has 0 saturated heterocycles. The minimum atomic E-state index is -2.60. The Morgan fingerprint density at radius 2 is 1.83 bits per heavy atom. The van der Waals surface area contributed by atoms with Gasteiger partial charge in [0.1, 0.15) is 0 Å². The van der Waals surface area contributed by atoms with Crippen molar-refractivity contribution in [1.29, 1.82) is 0 Å². The summed E-state index contributed by atoms with van der Waals surface area (Å²) in [4.78, 5) is 12.1. The first kappa shape index (κ1) is 18.3. The highest BCUT2D eigenvalue weighted by Crippen LogP contribution is 2.33. The number of benzene rings is 1. The molecule has 1 aliphatic carbocycles. The van der Waals surface area contributed by atoms with Gasteiger partial charge in [0, 0.05) is 18.9 Å². The summed E-state index contributed by atoms with van der Waals surface area (Å²) >= 11 is 0. The Bertz CT molecular complexity index is 571. The van der Waals surface area contributed by atoms with Crippen LogP contribution in [0.5, 0.6) is 11.5 Å². The normalized spacial score (nSPS) is 18.5. The Labute approximate surface area is 140 Å². The second kappa shape index (κ2) is 7.68. The first-order chi connectivity index (χ1) is 11.3. The van der Waals surface area contributed by atoms with Gasteiger partial charge in [-0.05, 0) is 37.5 Å². The second-order valence-corrected chi connectivity index (χ2v) is 6.08. The van der Waals surface area contributed by atoms with Gasteiger partial charge in [-0.1, -0.05) is 6.07 Å². The van der Waals surface area contributed by atoms with E-state index in [0.29, 0.717) is 24.3 Å². The van der Waals surface area contributed by atoms with E-state index in [0.717, 1.165) is 5.56 Å². The molecular formula is C17H24F2N2O3. The van der Waals surface area contributed by atoms with Crippen LogP contribution in [0.4, 0.5) is 13.6 Å². The van der Waals surface area contributed by atoms with E-state index >= 15 is 0 Å². The fourth-order valence-corrected chi connectivity index (χ4v) is 2.81. The molecule has 5 nitrogen and oxygen atoms in total. The lowest BCUT2D eigenvalue weighted by Crippen LogP contribution is -2.45. The van der Waals surface area contributed by atoms with Crippen LogP contribution < -0.4 is 20.1 Å². The minimum absolute atomic E-state index is 0.177. The van der Waals surface area contributed by atoms with Crippen molar-refractivity contribution in [3.63, 3.8) is 0 Å². The highest BCUT2D eigenvalue weighted by Gasteiger charge is 2.35. The third-order valence-electron chi connectivity index (χ3n) is 4.31. The molecule has 1 aromatic carbocycles. The van der Waals surface area contributed by atoms with E-state index < -0.39 is 5.92 Å². The predicted molar refractivity (Wildman–Crippen MR) is 86.8 cm³/mol. The lowest BCUT2D eigenvalue weighted by molar-refractivity contribution is -0.0395. The summed E-state index contributed by atoms with van der Waals surface area (Å²) < 4.78 is 36.7. The maximum atomic E-state index is 13.1. The zero-order chi connectivity index (χ0) is 17.7. The number of hydrogen-bond donors (Lipinski definition) is 2. The summed E-state index contributed by atoms with van der Waals surface area (Å²) in [5.41, 5.74) is 0.859. The van der Waals surface area contributed by atoms with E-state index in [4.69, 9.17) is 9.47 Å². The smallest absolute Gasteiger partial charge is 0.315 e. The number of halogens is 2. The van der Waals surface area contributed by atoms with Crippen molar-refractivity contribution < 1.29 is 23.0 Å². The van der Waals surface area contributed by atoms with E-state index in [1.165, 1.54) is 0 Å². The zero-order valence-electron chi connectivity index (χ0n) is 14.2. The van der Waals surface area contributed by atoms with E-state index in [2.05, 4.69) is 10.6 Å². The second-order valence-electron chi connectivity index (χ2n) is 6.08. The monoisotopic (exact) mass is 342 g/mol. The molecule has 1 atom stereocenters. The maximum absolute atomic E-state index is 13.1. The van der Waals surface area contributed by atoms with Crippen LogP contribution in [0.3, 0.4) is 0 Å². The lowest BCUT2D eigenvalue weighted by Gasteiger charge is -2.29. The molecule has 0 heterocycles. The van der Waals surface area contributed by atoms with Crippen LogP contribution in [0.25, 0.3) is 0 Å². The summed E-state index contributed by atoms with van der Waals surface area (Å²) in [5, 5.41) is 5.59. The summed E-state index contributed by atoms with van der Waals surface area (Å²) in [6.07, 6.45) is 0.239. The first-order valence-corrected chi connectivity index (χ1v) is 8.01. The van der Waals surface area contributed by atoms with Crippen LogP contribution in [0.2, 0.25) is 0 Å². The Balaban J connectivity index is 1.90. The Morgan fingerprint density at radius 1 is 1.21 bits per heavy atom. The van der Waals surface area contributed by atoms with Crippen LogP contribution in [-0.2, 0) is 0 Å². The number of rotatable bonds is 5. The summed E-state index contributed by atoms with van der Waals surface area (Å²) in [6, 6.07) is 4.59. The van der Waals surface area contributed by atoms with Gasteiger partial charge in [-0.25, -0.2) is 13.6 Å². The van der Waals surface area contributed by atoms with Gasteiger partial charge < -0.3 is 20.1 Å². The Hall–Kier alpha value is -2.05. The predicted octanol–water partition coefficient (Wildman–Crippen LogP) is 3.64. The van der Waals surface area contributed by atoms with Crippen molar-refractivity contribution in [1.82, 2.24) is 10.6 Å². The molecule has 2 rings (SSSR count). The Kier molecular flexibility index (Phi) is 5.85. The molecule has 7 heteroatoms. The number of urea groups is 1. The van der Waals surface area contributed by atoms with Gasteiger partial charge in [-0.2, -0.15) is 0 Å². The van der Waals surface area contributed by atoms with Gasteiger partial charge in [0.25, 0.3) is 0 Å². The van der Waals surface area contributed by atoms with Crippen LogP contribution in [0, 0.1) is 0 Å². The van der Waals surface area contributed by atoms with Crippen molar-refractivity contribution in [2.75, 3.05) is 14.2 Å². The summed E-state index contributed by atoms with van der Waals surface area (Å²) in [5.74, 6) is -1.40. The topological polar surface area (TPSA) is 59.6 Å². The SMILES string of the molecule is COc1ccc(C(C)NC(=O)NC2CCC(F)(F)CC2)cc1OC. The molecule has 1 aromatic rings. The molecule has 24 heavy (non-hydrogen) atoms. The average molecular weight is 342 g/mol. The Morgan fingerprint density at radius 3 is 2.42 bits per heavy atom. The minimum Gasteiger partial charge on any atom is -0.493 e. The third-order valence-corrected chi connectivity index (χ3v) is 4.31. The lowest BCUT2D eigenvalue weighted by atomic mass is 9.92. The number of methoxy groups -OCH3 is 2. The van der Waals surface area contributed by atoms with Gasteiger partial charge in [-0.15, -0.1) is 0 Å². The van der Waals surface area contributed by atoms with Crippen molar-refractivity contribution in [2.24, 2.45) is 0 Å². The number of alkyl halides is 2. The fraction of sp³-hybridized carbons (Fsp3) is 0.588. The van der Waals surface area contributed by atoms with Gasteiger partial charge in [0.15, 0.2) is 11.5 Å². The van der Waals surface area contributed by atoms with Crippen molar-refractivity contribution in [2.45, 2.75) is 50.6 Å². The summed E-state index contributed by atoms with van der Waals surface area (Å²) in [7, 11) is 3.10. The van der Waals surface area contributed by atoms with Crippen LogP contribution in [0.1, 0.15) is 44.2 Å². The number of amides is 2. The zero-order valence-corrected chi connectivity index (χ0v) is 14.2. The first-order valence-electron chi connectivity index (χ1n) is 8.01. The highest BCUT2D eigenvalue weighted by atomic mass is 19.3. The number of carbonyl (C=O) groups is 1. The maximum Gasteiger partial charge on any atom is 0.315 e. The third kappa shape index (κ3) is 4.72. The van der Waals surface area contributed by atoms with Gasteiger partial charge in [0.2, 0.25) is 5.92 Å². The van der Waals surface area contributed by atoms with Crippen molar-refractivity contribution >= 4 is 6.03 Å². The number of hydrogen-bond acceptors (Lipinski definition) is 3. The van der Waals surface area contributed by atoms with Crippen LogP contribution in [-0.4, -0.2) is 32.2 Å². The molecule has 0 spiro atoms. The van der Waals surface area contributed by atoms with Crippen LogP contribution in [0.15, 0.2) is 18.2 Å². The number of nitrogens with one attached hydrogen (secondary N) is 2. The molecule has 2 amide bonds. The van der Waals surface area contributed by atoms with E-state index in [1.54, 1.807) is 26.4 Å². The van der Waals surface area contributed by atoms with Gasteiger partial charge in [0.05, 0.1) is 20.3 Å². The number of ether oxygens (including phenoxy) is 2. The van der Waals surface area contributed by atoms with Crippen molar-refractivity contribution in [3.05, 3.63) is 23.8 Å². The van der Waals surface area contributed by atoms with Crippen LogP contribution >= 0.6 is 0 Å². The molecule has 1 fully saturated rings. The largest absolute Gasteiger partial charge is 0.493 e.